The van der Waals surface area contributed by atoms with Crippen molar-refractivity contribution in [2.45, 2.75) is 64.1 Å². The highest BCUT2D eigenvalue weighted by molar-refractivity contribution is 5.87. The molecule has 3 aliphatic rings. The molecule has 40 heavy (non-hydrogen) atoms. The SMILES string of the molecule is C[C@@H]1CN(c2ncnc3c2C(C)(Cn2ccnn2)CN3c2cc(C#N)ccn2)[C@@H](C)CN1C(=O)C1(C#N)CCC1. The third-order valence-corrected chi connectivity index (χ3v) is 8.66. The predicted octanol–water partition coefficient (Wildman–Crippen LogP) is 2.56. The number of piperazine rings is 1. The van der Waals surface area contributed by atoms with Crippen molar-refractivity contribution in [3.8, 4) is 12.1 Å². The molecule has 0 spiro atoms. The normalized spacial score (nSPS) is 25.1. The molecule has 6 rings (SSSR count). The minimum atomic E-state index is -0.867. The second-order valence-electron chi connectivity index (χ2n) is 11.5. The Balaban J connectivity index is 1.39. The lowest BCUT2D eigenvalue weighted by molar-refractivity contribution is -0.146. The molecule has 3 aromatic rings. The van der Waals surface area contributed by atoms with Crippen molar-refractivity contribution in [3.05, 3.63) is 48.2 Å². The van der Waals surface area contributed by atoms with Gasteiger partial charge in [0.05, 0.1) is 30.4 Å². The first-order valence-corrected chi connectivity index (χ1v) is 13.6. The average molecular weight is 538 g/mol. The Bertz CT molecular complexity index is 1520. The van der Waals surface area contributed by atoms with Crippen LogP contribution in [0, 0.1) is 28.1 Å². The van der Waals surface area contributed by atoms with Crippen LogP contribution in [0.1, 0.15) is 51.2 Å². The summed E-state index contributed by atoms with van der Waals surface area (Å²) in [5.41, 5.74) is 0.168. The van der Waals surface area contributed by atoms with Gasteiger partial charge in [-0.15, -0.1) is 5.10 Å². The first-order valence-electron chi connectivity index (χ1n) is 13.6. The fraction of sp³-hybridized carbons (Fsp3) is 0.500. The first-order chi connectivity index (χ1) is 19.3. The summed E-state index contributed by atoms with van der Waals surface area (Å²) >= 11 is 0. The van der Waals surface area contributed by atoms with Crippen molar-refractivity contribution in [2.75, 3.05) is 29.4 Å². The van der Waals surface area contributed by atoms with E-state index < -0.39 is 10.8 Å². The van der Waals surface area contributed by atoms with Crippen LogP contribution in [0.2, 0.25) is 0 Å². The highest BCUT2D eigenvalue weighted by Crippen LogP contribution is 2.48. The number of fused-ring (bicyclic) bond motifs is 1. The molecular formula is C28H31N11O. The van der Waals surface area contributed by atoms with Crippen molar-refractivity contribution < 1.29 is 4.79 Å². The number of anilines is 3. The van der Waals surface area contributed by atoms with Gasteiger partial charge in [0.1, 0.15) is 29.2 Å². The number of amides is 1. The zero-order valence-corrected chi connectivity index (χ0v) is 22.9. The Kier molecular flexibility index (Phi) is 6.14. The van der Waals surface area contributed by atoms with E-state index in [1.54, 1.807) is 30.9 Å². The van der Waals surface area contributed by atoms with Crippen LogP contribution in [0.15, 0.2) is 37.1 Å². The topological polar surface area (TPSA) is 144 Å². The molecule has 3 atom stereocenters. The third-order valence-electron chi connectivity index (χ3n) is 8.66. The van der Waals surface area contributed by atoms with Crippen molar-refractivity contribution in [1.82, 2.24) is 34.8 Å². The smallest absolute Gasteiger partial charge is 0.243 e. The lowest BCUT2D eigenvalue weighted by atomic mass is 9.68. The van der Waals surface area contributed by atoms with E-state index in [-0.39, 0.29) is 18.0 Å². The van der Waals surface area contributed by atoms with E-state index in [1.165, 1.54) is 0 Å². The van der Waals surface area contributed by atoms with Crippen molar-refractivity contribution >= 4 is 23.4 Å². The quantitative estimate of drug-likeness (QED) is 0.476. The number of carbonyl (C=O) groups is 1. The van der Waals surface area contributed by atoms with E-state index in [4.69, 9.17) is 9.97 Å². The summed E-state index contributed by atoms with van der Waals surface area (Å²) in [5, 5.41) is 27.5. The Labute approximate surface area is 232 Å². The van der Waals surface area contributed by atoms with Crippen LogP contribution in [0.3, 0.4) is 0 Å². The van der Waals surface area contributed by atoms with Crippen LogP contribution in [-0.2, 0) is 16.8 Å². The van der Waals surface area contributed by atoms with Gasteiger partial charge in [-0.3, -0.25) is 9.48 Å². The summed E-state index contributed by atoms with van der Waals surface area (Å²) in [6.45, 7) is 8.50. The van der Waals surface area contributed by atoms with Gasteiger partial charge in [0.2, 0.25) is 5.91 Å². The zero-order chi connectivity index (χ0) is 28.1. The molecule has 3 aromatic heterocycles. The van der Waals surface area contributed by atoms with Gasteiger partial charge in [-0.25, -0.2) is 15.0 Å². The molecule has 1 saturated carbocycles. The second kappa shape index (κ2) is 9.56. The Morgan fingerprint density at radius 1 is 1.10 bits per heavy atom. The standard InChI is InChI=1S/C28H31N11O/c1-19-14-38(26(40)28(15-30)6-4-7-28)20(2)13-37(19)24-23-25(33-18-32-24)39(22-11-21(12-29)5-8-31-22)17-27(23,3)16-36-10-9-34-35-36/h5,8-11,18-20H,4,6-7,13-14,16-17H2,1-3H3/t19-,20+,27?/m0/s1. The summed E-state index contributed by atoms with van der Waals surface area (Å²) in [5.74, 6) is 2.16. The molecule has 1 aliphatic carbocycles. The fourth-order valence-electron chi connectivity index (χ4n) is 6.34. The molecule has 1 amide bonds. The van der Waals surface area contributed by atoms with Gasteiger partial charge < -0.3 is 14.7 Å². The fourth-order valence-corrected chi connectivity index (χ4v) is 6.34. The van der Waals surface area contributed by atoms with Gasteiger partial charge >= 0.3 is 0 Å². The van der Waals surface area contributed by atoms with Crippen LogP contribution >= 0.6 is 0 Å². The van der Waals surface area contributed by atoms with Crippen LogP contribution in [0.5, 0.6) is 0 Å². The summed E-state index contributed by atoms with van der Waals surface area (Å²) in [6, 6.07) is 7.85. The number of hydrogen-bond donors (Lipinski definition) is 0. The highest BCUT2D eigenvalue weighted by Gasteiger charge is 2.50. The molecule has 0 N–H and O–H groups in total. The number of aromatic nitrogens is 6. The van der Waals surface area contributed by atoms with Gasteiger partial charge in [-0.05, 0) is 45.2 Å². The van der Waals surface area contributed by atoms with E-state index in [0.29, 0.717) is 50.4 Å². The molecule has 1 saturated heterocycles. The number of hydrogen-bond acceptors (Lipinski definition) is 10. The number of rotatable bonds is 5. The number of nitriles is 2. The first kappa shape index (κ1) is 25.7. The number of pyridine rings is 1. The maximum atomic E-state index is 13.5. The van der Waals surface area contributed by atoms with Gasteiger partial charge in [-0.2, -0.15) is 10.5 Å². The van der Waals surface area contributed by atoms with E-state index in [0.717, 1.165) is 23.6 Å². The minimum Gasteiger partial charge on any atom is -0.350 e. The van der Waals surface area contributed by atoms with E-state index in [9.17, 15) is 15.3 Å². The molecule has 2 fully saturated rings. The summed E-state index contributed by atoms with van der Waals surface area (Å²) in [6.07, 6.45) is 8.91. The molecule has 0 radical (unpaired) electrons. The van der Waals surface area contributed by atoms with E-state index >= 15 is 0 Å². The maximum absolute atomic E-state index is 13.5. The van der Waals surface area contributed by atoms with Gasteiger partial charge in [0.25, 0.3) is 0 Å². The Hall–Kier alpha value is -4.58. The van der Waals surface area contributed by atoms with Crippen LogP contribution < -0.4 is 9.80 Å². The molecule has 5 heterocycles. The summed E-state index contributed by atoms with van der Waals surface area (Å²) < 4.78 is 1.81. The van der Waals surface area contributed by atoms with Crippen molar-refractivity contribution in [2.24, 2.45) is 5.41 Å². The molecule has 12 heteroatoms. The average Bonchev–Trinajstić information content (AvgIpc) is 3.55. The zero-order valence-electron chi connectivity index (χ0n) is 22.9. The predicted molar refractivity (Wildman–Crippen MR) is 145 cm³/mol. The Morgan fingerprint density at radius 2 is 1.90 bits per heavy atom. The minimum absolute atomic E-state index is 0.0281. The molecule has 1 unspecified atom stereocenters. The monoisotopic (exact) mass is 537 g/mol. The summed E-state index contributed by atoms with van der Waals surface area (Å²) in [7, 11) is 0. The number of carbonyl (C=O) groups excluding carboxylic acids is 1. The summed E-state index contributed by atoms with van der Waals surface area (Å²) in [4.78, 5) is 33.8. The highest BCUT2D eigenvalue weighted by atomic mass is 16.2. The van der Waals surface area contributed by atoms with Gasteiger partial charge in [-0.1, -0.05) is 12.1 Å². The largest absolute Gasteiger partial charge is 0.350 e. The van der Waals surface area contributed by atoms with Gasteiger partial charge in [0, 0.05) is 55.1 Å². The maximum Gasteiger partial charge on any atom is 0.243 e. The Morgan fingerprint density at radius 3 is 2.58 bits per heavy atom. The molecule has 204 valence electrons. The van der Waals surface area contributed by atoms with E-state index in [2.05, 4.69) is 46.2 Å². The van der Waals surface area contributed by atoms with Crippen LogP contribution in [0.4, 0.5) is 17.5 Å². The van der Waals surface area contributed by atoms with Crippen molar-refractivity contribution in [3.63, 3.8) is 0 Å². The molecule has 0 aromatic carbocycles. The van der Waals surface area contributed by atoms with Crippen LogP contribution in [0.25, 0.3) is 0 Å². The lowest BCUT2D eigenvalue weighted by Crippen LogP contribution is -2.62. The number of nitrogens with zero attached hydrogens (tertiary/aromatic N) is 11. The molecule has 0 bridgehead atoms. The van der Waals surface area contributed by atoms with Crippen LogP contribution in [-0.4, -0.2) is 72.5 Å². The second-order valence-corrected chi connectivity index (χ2v) is 11.5. The van der Waals surface area contributed by atoms with E-state index in [1.807, 2.05) is 27.6 Å². The molecule has 2 aliphatic heterocycles. The van der Waals surface area contributed by atoms with Gasteiger partial charge in [0.15, 0.2) is 0 Å². The van der Waals surface area contributed by atoms with Crippen molar-refractivity contribution in [1.29, 1.82) is 10.5 Å². The molecule has 12 nitrogen and oxygen atoms in total. The third kappa shape index (κ3) is 4.02. The molecular weight excluding hydrogens is 506 g/mol. The lowest BCUT2D eigenvalue weighted by Gasteiger charge is -2.48.